The summed E-state index contributed by atoms with van der Waals surface area (Å²) in [6.07, 6.45) is 1.79. The zero-order chi connectivity index (χ0) is 10.7. The standard InChI is InChI=1S/C7H10N2.2C2H6/c1-9(2)7-5-3-4-6-8-7;2*1-2/h3-6H,1-2H3;2*1-2H3. The van der Waals surface area contributed by atoms with Crippen molar-refractivity contribution >= 4 is 5.82 Å². The van der Waals surface area contributed by atoms with Gasteiger partial charge in [-0.2, -0.15) is 0 Å². The van der Waals surface area contributed by atoms with Crippen LogP contribution in [-0.2, 0) is 0 Å². The summed E-state index contributed by atoms with van der Waals surface area (Å²) in [6.45, 7) is 8.00. The van der Waals surface area contributed by atoms with Crippen LogP contribution in [0.4, 0.5) is 5.82 Å². The molecule has 0 unspecified atom stereocenters. The molecule has 0 radical (unpaired) electrons. The van der Waals surface area contributed by atoms with Crippen molar-refractivity contribution in [2.24, 2.45) is 0 Å². The van der Waals surface area contributed by atoms with Crippen molar-refractivity contribution in [2.45, 2.75) is 27.7 Å². The summed E-state index contributed by atoms with van der Waals surface area (Å²) in [5.74, 6) is 0.998. The maximum atomic E-state index is 4.10. The van der Waals surface area contributed by atoms with Crippen molar-refractivity contribution in [3.63, 3.8) is 0 Å². The van der Waals surface area contributed by atoms with Crippen molar-refractivity contribution in [3.05, 3.63) is 24.4 Å². The van der Waals surface area contributed by atoms with Crippen LogP contribution in [0.1, 0.15) is 27.7 Å². The van der Waals surface area contributed by atoms with Crippen molar-refractivity contribution in [1.82, 2.24) is 4.98 Å². The highest BCUT2D eigenvalue weighted by Gasteiger charge is 1.89. The first-order valence-corrected chi connectivity index (χ1v) is 4.89. The number of aromatic nitrogens is 1. The lowest BCUT2D eigenvalue weighted by molar-refractivity contribution is 1.07. The lowest BCUT2D eigenvalue weighted by atomic mass is 10.4. The minimum atomic E-state index is 0.998. The smallest absolute Gasteiger partial charge is 0.127 e. The topological polar surface area (TPSA) is 16.1 Å². The Labute approximate surface area is 82.6 Å². The number of hydrogen-bond acceptors (Lipinski definition) is 2. The molecule has 0 saturated heterocycles. The van der Waals surface area contributed by atoms with Gasteiger partial charge >= 0.3 is 0 Å². The van der Waals surface area contributed by atoms with E-state index in [1.807, 2.05) is 64.9 Å². The maximum Gasteiger partial charge on any atom is 0.127 e. The van der Waals surface area contributed by atoms with Crippen LogP contribution < -0.4 is 4.90 Å². The molecule has 76 valence electrons. The van der Waals surface area contributed by atoms with Gasteiger partial charge in [0.25, 0.3) is 0 Å². The number of nitrogens with zero attached hydrogens (tertiary/aromatic N) is 2. The number of anilines is 1. The van der Waals surface area contributed by atoms with E-state index in [0.717, 1.165) is 5.82 Å². The van der Waals surface area contributed by atoms with E-state index in [4.69, 9.17) is 0 Å². The van der Waals surface area contributed by atoms with Crippen LogP contribution in [0.25, 0.3) is 0 Å². The van der Waals surface area contributed by atoms with Gasteiger partial charge in [-0.25, -0.2) is 4.98 Å². The van der Waals surface area contributed by atoms with Gasteiger partial charge in [-0.05, 0) is 12.1 Å². The molecule has 0 amide bonds. The van der Waals surface area contributed by atoms with Gasteiger partial charge in [0.15, 0.2) is 0 Å². The summed E-state index contributed by atoms with van der Waals surface area (Å²) in [6, 6.07) is 5.86. The average Bonchev–Trinajstić information content (AvgIpc) is 2.25. The Hall–Kier alpha value is -1.05. The van der Waals surface area contributed by atoms with Crippen LogP contribution in [0, 0.1) is 0 Å². The van der Waals surface area contributed by atoms with Crippen LogP contribution >= 0.6 is 0 Å². The number of pyridine rings is 1. The van der Waals surface area contributed by atoms with Gasteiger partial charge in [-0.1, -0.05) is 33.8 Å². The predicted molar refractivity (Wildman–Crippen MR) is 61.3 cm³/mol. The second-order valence-corrected chi connectivity index (χ2v) is 2.08. The van der Waals surface area contributed by atoms with E-state index in [-0.39, 0.29) is 0 Å². The molecule has 0 aliphatic heterocycles. The van der Waals surface area contributed by atoms with E-state index in [2.05, 4.69) is 4.98 Å². The van der Waals surface area contributed by atoms with E-state index in [0.29, 0.717) is 0 Å². The lowest BCUT2D eigenvalue weighted by Crippen LogP contribution is -2.09. The summed E-state index contributed by atoms with van der Waals surface area (Å²) in [4.78, 5) is 6.08. The molecule has 0 aromatic carbocycles. The monoisotopic (exact) mass is 182 g/mol. The molecule has 0 saturated carbocycles. The summed E-state index contributed by atoms with van der Waals surface area (Å²) in [7, 11) is 3.95. The molecule has 0 aliphatic rings. The van der Waals surface area contributed by atoms with Crippen LogP contribution in [0.2, 0.25) is 0 Å². The molecule has 13 heavy (non-hydrogen) atoms. The maximum absolute atomic E-state index is 4.10. The largest absolute Gasteiger partial charge is 0.363 e. The minimum absolute atomic E-state index is 0.998. The van der Waals surface area contributed by atoms with Crippen molar-refractivity contribution in [3.8, 4) is 0 Å². The summed E-state index contributed by atoms with van der Waals surface area (Å²) >= 11 is 0. The first-order valence-electron chi connectivity index (χ1n) is 4.89. The Morgan fingerprint density at radius 2 is 1.54 bits per heavy atom. The molecule has 1 rings (SSSR count). The van der Waals surface area contributed by atoms with Crippen molar-refractivity contribution in [1.29, 1.82) is 0 Å². The zero-order valence-corrected chi connectivity index (χ0v) is 9.70. The average molecular weight is 182 g/mol. The summed E-state index contributed by atoms with van der Waals surface area (Å²) in [5.41, 5.74) is 0. The van der Waals surface area contributed by atoms with Gasteiger partial charge < -0.3 is 4.90 Å². The van der Waals surface area contributed by atoms with Gasteiger partial charge in [0.1, 0.15) is 5.82 Å². The fourth-order valence-corrected chi connectivity index (χ4v) is 0.618. The number of rotatable bonds is 1. The van der Waals surface area contributed by atoms with Crippen LogP contribution in [0.15, 0.2) is 24.4 Å². The third kappa shape index (κ3) is 7.32. The first kappa shape index (κ1) is 14.5. The van der Waals surface area contributed by atoms with E-state index in [9.17, 15) is 0 Å². The molecule has 0 atom stereocenters. The van der Waals surface area contributed by atoms with Gasteiger partial charge in [0.2, 0.25) is 0 Å². The lowest BCUT2D eigenvalue weighted by Gasteiger charge is -2.08. The van der Waals surface area contributed by atoms with E-state index >= 15 is 0 Å². The van der Waals surface area contributed by atoms with Gasteiger partial charge in [0, 0.05) is 20.3 Å². The fraction of sp³-hybridized carbons (Fsp3) is 0.545. The highest BCUT2D eigenvalue weighted by atomic mass is 15.1. The van der Waals surface area contributed by atoms with Gasteiger partial charge in [-0.15, -0.1) is 0 Å². The SMILES string of the molecule is CC.CC.CN(C)c1ccccn1. The Morgan fingerprint density at radius 1 is 1.00 bits per heavy atom. The van der Waals surface area contributed by atoms with Crippen molar-refractivity contribution in [2.75, 3.05) is 19.0 Å². The molecule has 1 aromatic heterocycles. The predicted octanol–water partition coefficient (Wildman–Crippen LogP) is 3.20. The third-order valence-electron chi connectivity index (χ3n) is 1.11. The molecule has 0 spiro atoms. The Kier molecular flexibility index (Phi) is 12.2. The molecule has 1 heterocycles. The van der Waals surface area contributed by atoms with Gasteiger partial charge in [-0.3, -0.25) is 0 Å². The molecule has 0 bridgehead atoms. The molecular formula is C11H22N2. The fourth-order valence-electron chi connectivity index (χ4n) is 0.618. The van der Waals surface area contributed by atoms with E-state index < -0.39 is 0 Å². The van der Waals surface area contributed by atoms with Crippen LogP contribution in [-0.4, -0.2) is 19.1 Å². The summed E-state index contributed by atoms with van der Waals surface area (Å²) < 4.78 is 0. The molecule has 2 nitrogen and oxygen atoms in total. The first-order chi connectivity index (χ1) is 6.30. The highest BCUT2D eigenvalue weighted by molar-refractivity contribution is 5.34. The Balaban J connectivity index is 0. The summed E-state index contributed by atoms with van der Waals surface area (Å²) in [5, 5.41) is 0. The molecule has 0 fully saturated rings. The minimum Gasteiger partial charge on any atom is -0.363 e. The Bertz CT molecular complexity index is 171. The third-order valence-corrected chi connectivity index (χ3v) is 1.11. The van der Waals surface area contributed by atoms with Crippen LogP contribution in [0.5, 0.6) is 0 Å². The number of hydrogen-bond donors (Lipinski definition) is 0. The van der Waals surface area contributed by atoms with Crippen LogP contribution in [0.3, 0.4) is 0 Å². The Morgan fingerprint density at radius 3 is 1.77 bits per heavy atom. The van der Waals surface area contributed by atoms with E-state index in [1.54, 1.807) is 6.20 Å². The normalized spacial score (nSPS) is 7.23. The highest BCUT2D eigenvalue weighted by Crippen LogP contribution is 2.02. The van der Waals surface area contributed by atoms with Crippen molar-refractivity contribution < 1.29 is 0 Å². The zero-order valence-electron chi connectivity index (χ0n) is 9.70. The molecular weight excluding hydrogens is 160 g/mol. The molecule has 0 N–H and O–H groups in total. The quantitative estimate of drug-likeness (QED) is 0.663. The van der Waals surface area contributed by atoms with Gasteiger partial charge in [0.05, 0.1) is 0 Å². The second kappa shape index (κ2) is 11.0. The molecule has 1 aromatic rings. The van der Waals surface area contributed by atoms with E-state index in [1.165, 1.54) is 0 Å². The second-order valence-electron chi connectivity index (χ2n) is 2.08. The molecule has 2 heteroatoms. The molecule has 0 aliphatic carbocycles.